The molecule has 0 aliphatic heterocycles. The highest BCUT2D eigenvalue weighted by Gasteiger charge is 2.09. The van der Waals surface area contributed by atoms with Gasteiger partial charge in [-0.15, -0.1) is 0 Å². The number of rotatable bonds is 3. The highest BCUT2D eigenvalue weighted by atomic mass is 14.7. The van der Waals surface area contributed by atoms with Crippen LogP contribution in [0.15, 0.2) is 41.4 Å². The minimum Gasteiger partial charge on any atom is -0.264 e. The Kier molecular flexibility index (Phi) is 3.84. The van der Waals surface area contributed by atoms with Crippen molar-refractivity contribution in [3.63, 3.8) is 0 Å². The summed E-state index contributed by atoms with van der Waals surface area (Å²) in [5.74, 6) is 0.508. The predicted octanol–water partition coefficient (Wildman–Crippen LogP) is 5.43. The molecule has 0 amide bonds. The smallest absolute Gasteiger partial charge is 0.0703 e. The molecule has 0 heterocycles. The molecule has 0 bridgehead atoms. The molecule has 98 valence electrons. The molecule has 0 aromatic heterocycles. The van der Waals surface area contributed by atoms with Gasteiger partial charge < -0.3 is 0 Å². The summed E-state index contributed by atoms with van der Waals surface area (Å²) in [4.78, 5) is 4.20. The van der Waals surface area contributed by atoms with E-state index in [2.05, 4.69) is 75.8 Å². The average Bonchev–Trinajstić information content (AvgIpc) is 2.38. The van der Waals surface area contributed by atoms with Crippen LogP contribution in [-0.4, -0.2) is 6.72 Å². The summed E-state index contributed by atoms with van der Waals surface area (Å²) >= 11 is 0. The van der Waals surface area contributed by atoms with Crippen molar-refractivity contribution in [2.24, 2.45) is 4.99 Å². The van der Waals surface area contributed by atoms with Gasteiger partial charge in [-0.1, -0.05) is 49.7 Å². The van der Waals surface area contributed by atoms with Crippen molar-refractivity contribution in [1.82, 2.24) is 0 Å². The van der Waals surface area contributed by atoms with Gasteiger partial charge >= 0.3 is 0 Å². The van der Waals surface area contributed by atoms with Crippen molar-refractivity contribution >= 4 is 12.4 Å². The number of nitrogens with zero attached hydrogens (tertiary/aromatic N) is 1. The van der Waals surface area contributed by atoms with Crippen LogP contribution in [0.4, 0.5) is 5.69 Å². The van der Waals surface area contributed by atoms with E-state index in [1.165, 1.54) is 22.3 Å². The lowest BCUT2D eigenvalue weighted by molar-refractivity contribution is 0.867. The first-order valence-electron chi connectivity index (χ1n) is 6.71. The van der Waals surface area contributed by atoms with Gasteiger partial charge in [0.15, 0.2) is 0 Å². The molecule has 0 saturated carbocycles. The van der Waals surface area contributed by atoms with Crippen LogP contribution in [0, 0.1) is 13.8 Å². The predicted molar refractivity (Wildman–Crippen MR) is 84.7 cm³/mol. The Balaban J connectivity index is 2.58. The Labute approximate surface area is 116 Å². The summed E-state index contributed by atoms with van der Waals surface area (Å²) in [5.41, 5.74) is 7.24. The molecular weight excluding hydrogens is 230 g/mol. The monoisotopic (exact) mass is 251 g/mol. The van der Waals surface area contributed by atoms with Crippen LogP contribution in [0.3, 0.4) is 0 Å². The van der Waals surface area contributed by atoms with E-state index in [-0.39, 0.29) is 0 Å². The van der Waals surface area contributed by atoms with Gasteiger partial charge in [-0.2, -0.15) is 0 Å². The summed E-state index contributed by atoms with van der Waals surface area (Å²) in [6.45, 7) is 12.4. The fourth-order valence-corrected chi connectivity index (χ4v) is 2.38. The molecule has 2 rings (SSSR count). The van der Waals surface area contributed by atoms with E-state index in [9.17, 15) is 0 Å². The van der Waals surface area contributed by atoms with Crippen LogP contribution in [-0.2, 0) is 0 Å². The summed E-state index contributed by atoms with van der Waals surface area (Å²) in [6.07, 6.45) is 0. The maximum absolute atomic E-state index is 4.20. The van der Waals surface area contributed by atoms with Crippen LogP contribution in [0.1, 0.15) is 36.5 Å². The third-order valence-corrected chi connectivity index (χ3v) is 3.53. The van der Waals surface area contributed by atoms with Crippen LogP contribution < -0.4 is 0 Å². The number of hydrogen-bond donors (Lipinski definition) is 0. The SMILES string of the molecule is C=Nc1cc(C(C)C)ccc1-c1ccc(C)cc1C. The molecule has 0 saturated heterocycles. The van der Waals surface area contributed by atoms with Gasteiger partial charge in [-0.25, -0.2) is 0 Å². The molecule has 1 heteroatoms. The molecule has 0 fully saturated rings. The summed E-state index contributed by atoms with van der Waals surface area (Å²) < 4.78 is 0. The molecule has 0 radical (unpaired) electrons. The Morgan fingerprint density at radius 3 is 2.21 bits per heavy atom. The number of aliphatic imine (C=N–C) groups is 1. The first kappa shape index (κ1) is 13.5. The molecular formula is C18H21N. The largest absolute Gasteiger partial charge is 0.264 e. The van der Waals surface area contributed by atoms with Gasteiger partial charge in [-0.05, 0) is 49.2 Å². The van der Waals surface area contributed by atoms with Crippen LogP contribution in [0.25, 0.3) is 11.1 Å². The van der Waals surface area contributed by atoms with Crippen molar-refractivity contribution in [3.8, 4) is 11.1 Å². The molecule has 2 aromatic carbocycles. The average molecular weight is 251 g/mol. The van der Waals surface area contributed by atoms with Gasteiger partial charge in [-0.3, -0.25) is 4.99 Å². The maximum atomic E-state index is 4.20. The Bertz CT molecular complexity index is 609. The lowest BCUT2D eigenvalue weighted by Crippen LogP contribution is -1.90. The normalized spacial score (nSPS) is 10.8. The van der Waals surface area contributed by atoms with Gasteiger partial charge in [0.2, 0.25) is 0 Å². The molecule has 0 aliphatic carbocycles. The second-order valence-corrected chi connectivity index (χ2v) is 5.41. The number of aryl methyl sites for hydroxylation is 2. The molecule has 0 N–H and O–H groups in total. The van der Waals surface area contributed by atoms with Crippen LogP contribution in [0.2, 0.25) is 0 Å². The summed E-state index contributed by atoms with van der Waals surface area (Å²) in [6, 6.07) is 13.0. The zero-order chi connectivity index (χ0) is 14.0. The minimum atomic E-state index is 0.508. The maximum Gasteiger partial charge on any atom is 0.0703 e. The van der Waals surface area contributed by atoms with Crippen molar-refractivity contribution in [3.05, 3.63) is 53.1 Å². The van der Waals surface area contributed by atoms with Crippen molar-refractivity contribution < 1.29 is 0 Å². The van der Waals surface area contributed by atoms with Gasteiger partial charge in [0.25, 0.3) is 0 Å². The van der Waals surface area contributed by atoms with Crippen LogP contribution in [0.5, 0.6) is 0 Å². The van der Waals surface area contributed by atoms with Gasteiger partial charge in [0, 0.05) is 5.56 Å². The summed E-state index contributed by atoms with van der Waals surface area (Å²) in [5, 5.41) is 0. The van der Waals surface area contributed by atoms with E-state index in [4.69, 9.17) is 0 Å². The molecule has 1 nitrogen and oxygen atoms in total. The first-order valence-corrected chi connectivity index (χ1v) is 6.71. The molecule has 0 atom stereocenters. The van der Waals surface area contributed by atoms with E-state index in [1.807, 2.05) is 0 Å². The van der Waals surface area contributed by atoms with Crippen LogP contribution >= 0.6 is 0 Å². The molecule has 0 aliphatic rings. The van der Waals surface area contributed by atoms with E-state index < -0.39 is 0 Å². The topological polar surface area (TPSA) is 12.4 Å². The van der Waals surface area contributed by atoms with Crippen molar-refractivity contribution in [1.29, 1.82) is 0 Å². The quantitative estimate of drug-likeness (QED) is 0.645. The number of hydrogen-bond acceptors (Lipinski definition) is 1. The molecule has 19 heavy (non-hydrogen) atoms. The highest BCUT2D eigenvalue weighted by molar-refractivity contribution is 5.79. The fourth-order valence-electron chi connectivity index (χ4n) is 2.38. The lowest BCUT2D eigenvalue weighted by Gasteiger charge is -2.13. The Morgan fingerprint density at radius 2 is 1.63 bits per heavy atom. The molecule has 0 unspecified atom stereocenters. The number of benzene rings is 2. The van der Waals surface area contributed by atoms with E-state index in [0.717, 1.165) is 11.3 Å². The second kappa shape index (κ2) is 5.40. The minimum absolute atomic E-state index is 0.508. The second-order valence-electron chi connectivity index (χ2n) is 5.41. The van der Waals surface area contributed by atoms with E-state index in [0.29, 0.717) is 5.92 Å². The Morgan fingerprint density at radius 1 is 0.947 bits per heavy atom. The first-order chi connectivity index (χ1) is 9.02. The lowest BCUT2D eigenvalue weighted by atomic mass is 9.94. The third kappa shape index (κ3) is 2.76. The zero-order valence-corrected chi connectivity index (χ0v) is 12.2. The third-order valence-electron chi connectivity index (χ3n) is 3.53. The van der Waals surface area contributed by atoms with Gasteiger partial charge in [0.1, 0.15) is 0 Å². The summed E-state index contributed by atoms with van der Waals surface area (Å²) in [7, 11) is 0. The molecule has 2 aromatic rings. The van der Waals surface area contributed by atoms with Gasteiger partial charge in [0.05, 0.1) is 5.69 Å². The molecule has 0 spiro atoms. The van der Waals surface area contributed by atoms with Crippen molar-refractivity contribution in [2.45, 2.75) is 33.6 Å². The van der Waals surface area contributed by atoms with E-state index >= 15 is 0 Å². The zero-order valence-electron chi connectivity index (χ0n) is 12.2. The Hall–Kier alpha value is -1.89. The van der Waals surface area contributed by atoms with E-state index in [1.54, 1.807) is 0 Å². The highest BCUT2D eigenvalue weighted by Crippen LogP contribution is 2.34. The fraction of sp³-hybridized carbons (Fsp3) is 0.278. The standard InChI is InChI=1S/C18H21N/c1-12(2)15-7-9-17(18(11-15)19-5)16-8-6-13(3)10-14(16)4/h6-12H,5H2,1-4H3. The van der Waals surface area contributed by atoms with Crippen molar-refractivity contribution in [2.75, 3.05) is 0 Å².